The number of hydrogen-bond acceptors (Lipinski definition) is 6. The molecule has 0 radical (unpaired) electrons. The molecule has 1 aromatic rings. The van der Waals surface area contributed by atoms with Gasteiger partial charge in [0.2, 0.25) is 0 Å². The lowest BCUT2D eigenvalue weighted by atomic mass is 10.2. The number of rotatable bonds is 3. The number of aliphatic hydroxyl groups excluding tert-OH is 1. The first-order valence-corrected chi connectivity index (χ1v) is 9.55. The number of thiazole rings is 1. The summed E-state index contributed by atoms with van der Waals surface area (Å²) in [4.78, 5) is 22.4. The summed E-state index contributed by atoms with van der Waals surface area (Å²) in [5.74, 6) is 0.445. The summed E-state index contributed by atoms with van der Waals surface area (Å²) in [5.41, 5.74) is 0.842. The molecule has 2 aliphatic rings. The lowest BCUT2D eigenvalue weighted by Crippen LogP contribution is -2.45. The Labute approximate surface area is 147 Å². The van der Waals surface area contributed by atoms with Gasteiger partial charge in [-0.25, -0.2) is 4.98 Å². The summed E-state index contributed by atoms with van der Waals surface area (Å²) in [6.07, 6.45) is 0.508. The summed E-state index contributed by atoms with van der Waals surface area (Å²) in [6, 6.07) is 0.0673. The highest BCUT2D eigenvalue weighted by atomic mass is 32.1. The summed E-state index contributed by atoms with van der Waals surface area (Å²) < 4.78 is 5.37. The van der Waals surface area contributed by atoms with Crippen molar-refractivity contribution in [3.8, 4) is 0 Å². The molecule has 24 heavy (non-hydrogen) atoms. The van der Waals surface area contributed by atoms with Gasteiger partial charge in [0.15, 0.2) is 0 Å². The Morgan fingerprint density at radius 1 is 1.29 bits per heavy atom. The molecule has 1 N–H and O–H groups in total. The zero-order chi connectivity index (χ0) is 17.3. The van der Waals surface area contributed by atoms with Crippen LogP contribution in [0.5, 0.6) is 0 Å². The molecule has 2 atom stereocenters. The summed E-state index contributed by atoms with van der Waals surface area (Å²) in [5, 5.41) is 11.0. The molecule has 0 unspecified atom stereocenters. The number of aliphatic hydroxyl groups is 1. The SMILES string of the molecule is Cc1nc(C(C)C)sc1C(=O)N1CCCN([C@H]2COC[C@@H]2O)CC1. The molecule has 7 heteroatoms. The van der Waals surface area contributed by atoms with Crippen molar-refractivity contribution >= 4 is 17.2 Å². The number of amides is 1. The van der Waals surface area contributed by atoms with Gasteiger partial charge in [-0.1, -0.05) is 13.8 Å². The van der Waals surface area contributed by atoms with Gasteiger partial charge >= 0.3 is 0 Å². The molecule has 1 amide bonds. The monoisotopic (exact) mass is 353 g/mol. The van der Waals surface area contributed by atoms with Gasteiger partial charge in [0.05, 0.1) is 36.1 Å². The predicted octanol–water partition coefficient (Wildman–Crippen LogP) is 1.48. The molecule has 0 spiro atoms. The highest BCUT2D eigenvalue weighted by molar-refractivity contribution is 7.13. The van der Waals surface area contributed by atoms with E-state index >= 15 is 0 Å². The number of hydrogen-bond donors (Lipinski definition) is 1. The van der Waals surface area contributed by atoms with Crippen LogP contribution in [0, 0.1) is 6.92 Å². The number of nitrogens with zero attached hydrogens (tertiary/aromatic N) is 3. The van der Waals surface area contributed by atoms with Crippen molar-refractivity contribution in [2.24, 2.45) is 0 Å². The second kappa shape index (κ2) is 7.47. The van der Waals surface area contributed by atoms with Crippen molar-refractivity contribution in [2.75, 3.05) is 39.4 Å². The molecule has 0 bridgehead atoms. The fourth-order valence-electron chi connectivity index (χ4n) is 3.36. The third-order valence-corrected chi connectivity index (χ3v) is 6.26. The Kier molecular flexibility index (Phi) is 5.54. The maximum Gasteiger partial charge on any atom is 0.265 e. The fourth-order valence-corrected chi connectivity index (χ4v) is 4.40. The Balaban J connectivity index is 1.66. The molecule has 134 valence electrons. The Morgan fingerprint density at radius 3 is 2.71 bits per heavy atom. The first-order valence-electron chi connectivity index (χ1n) is 8.74. The van der Waals surface area contributed by atoms with E-state index < -0.39 is 6.10 Å². The number of aromatic nitrogens is 1. The molecule has 0 aromatic carbocycles. The van der Waals surface area contributed by atoms with E-state index in [0.717, 1.165) is 41.6 Å². The van der Waals surface area contributed by atoms with Gasteiger partial charge < -0.3 is 14.7 Å². The van der Waals surface area contributed by atoms with Crippen LogP contribution in [-0.2, 0) is 4.74 Å². The first-order chi connectivity index (χ1) is 11.5. The molecule has 2 aliphatic heterocycles. The van der Waals surface area contributed by atoms with E-state index in [-0.39, 0.29) is 11.9 Å². The minimum Gasteiger partial charge on any atom is -0.389 e. The molecule has 0 saturated carbocycles. The third kappa shape index (κ3) is 3.64. The maximum absolute atomic E-state index is 12.9. The van der Waals surface area contributed by atoms with Crippen molar-refractivity contribution in [1.82, 2.24) is 14.8 Å². The van der Waals surface area contributed by atoms with Gasteiger partial charge in [0, 0.05) is 32.1 Å². The van der Waals surface area contributed by atoms with Crippen LogP contribution in [0.4, 0.5) is 0 Å². The number of carbonyl (C=O) groups is 1. The zero-order valence-corrected chi connectivity index (χ0v) is 15.5. The molecule has 1 aromatic heterocycles. The summed E-state index contributed by atoms with van der Waals surface area (Å²) in [7, 11) is 0. The Bertz CT molecular complexity index is 590. The van der Waals surface area contributed by atoms with E-state index in [9.17, 15) is 9.90 Å². The van der Waals surface area contributed by atoms with Gasteiger partial charge in [-0.2, -0.15) is 0 Å². The van der Waals surface area contributed by atoms with Crippen LogP contribution < -0.4 is 0 Å². The van der Waals surface area contributed by atoms with Gasteiger partial charge in [-0.3, -0.25) is 9.69 Å². The highest BCUT2D eigenvalue weighted by Crippen LogP contribution is 2.26. The van der Waals surface area contributed by atoms with Crippen molar-refractivity contribution < 1.29 is 14.6 Å². The average molecular weight is 353 g/mol. The van der Waals surface area contributed by atoms with Gasteiger partial charge in [0.1, 0.15) is 4.88 Å². The number of aryl methyl sites for hydroxylation is 1. The van der Waals surface area contributed by atoms with E-state index in [1.165, 1.54) is 11.3 Å². The number of carbonyl (C=O) groups excluding carboxylic acids is 1. The highest BCUT2D eigenvalue weighted by Gasteiger charge is 2.33. The quantitative estimate of drug-likeness (QED) is 0.892. The van der Waals surface area contributed by atoms with Gasteiger partial charge in [0.25, 0.3) is 5.91 Å². The smallest absolute Gasteiger partial charge is 0.265 e. The lowest BCUT2D eigenvalue weighted by Gasteiger charge is -2.28. The van der Waals surface area contributed by atoms with Crippen LogP contribution in [0.1, 0.15) is 46.6 Å². The van der Waals surface area contributed by atoms with Crippen molar-refractivity contribution in [1.29, 1.82) is 0 Å². The zero-order valence-electron chi connectivity index (χ0n) is 14.7. The van der Waals surface area contributed by atoms with Crippen LogP contribution in [0.2, 0.25) is 0 Å². The van der Waals surface area contributed by atoms with Crippen LogP contribution in [0.25, 0.3) is 0 Å². The maximum atomic E-state index is 12.9. The summed E-state index contributed by atoms with van der Waals surface area (Å²) >= 11 is 1.53. The van der Waals surface area contributed by atoms with E-state index in [1.807, 2.05) is 11.8 Å². The molecule has 6 nitrogen and oxygen atoms in total. The van der Waals surface area contributed by atoms with Crippen LogP contribution in [0.15, 0.2) is 0 Å². The molecule has 2 fully saturated rings. The number of ether oxygens (including phenoxy) is 1. The normalized spacial score (nSPS) is 26.1. The van der Waals surface area contributed by atoms with Crippen LogP contribution >= 0.6 is 11.3 Å². The van der Waals surface area contributed by atoms with E-state index in [1.54, 1.807) is 0 Å². The first kappa shape index (κ1) is 17.8. The Morgan fingerprint density at radius 2 is 2.08 bits per heavy atom. The summed E-state index contributed by atoms with van der Waals surface area (Å²) in [6.45, 7) is 10.3. The lowest BCUT2D eigenvalue weighted by molar-refractivity contribution is 0.0728. The van der Waals surface area contributed by atoms with Gasteiger partial charge in [-0.05, 0) is 13.3 Å². The standard InChI is InChI=1S/C17H27N3O3S/c1-11(2)16-18-12(3)15(24-16)17(22)20-6-4-5-19(7-8-20)13-9-23-10-14(13)21/h11,13-14,21H,4-10H2,1-3H3/t13-,14-/m0/s1. The Hall–Kier alpha value is -1.02. The second-order valence-electron chi connectivity index (χ2n) is 6.98. The van der Waals surface area contributed by atoms with Gasteiger partial charge in [-0.15, -0.1) is 11.3 Å². The van der Waals surface area contributed by atoms with Crippen molar-refractivity contribution in [2.45, 2.75) is 45.3 Å². The minimum atomic E-state index is -0.412. The molecular formula is C17H27N3O3S. The van der Waals surface area contributed by atoms with E-state index in [2.05, 4.69) is 23.7 Å². The molecule has 3 rings (SSSR count). The minimum absolute atomic E-state index is 0.0673. The molecular weight excluding hydrogens is 326 g/mol. The fraction of sp³-hybridized carbons (Fsp3) is 0.765. The van der Waals surface area contributed by atoms with E-state index in [0.29, 0.717) is 25.7 Å². The average Bonchev–Trinajstić information content (AvgIpc) is 3.05. The predicted molar refractivity (Wildman–Crippen MR) is 93.6 cm³/mol. The largest absolute Gasteiger partial charge is 0.389 e. The molecule has 3 heterocycles. The van der Waals surface area contributed by atoms with Crippen molar-refractivity contribution in [3.63, 3.8) is 0 Å². The van der Waals surface area contributed by atoms with Crippen molar-refractivity contribution in [3.05, 3.63) is 15.6 Å². The van der Waals surface area contributed by atoms with E-state index in [4.69, 9.17) is 4.74 Å². The second-order valence-corrected chi connectivity index (χ2v) is 8.01. The topological polar surface area (TPSA) is 65.9 Å². The third-order valence-electron chi connectivity index (χ3n) is 4.81. The van der Waals surface area contributed by atoms with Crippen LogP contribution in [0.3, 0.4) is 0 Å². The molecule has 2 saturated heterocycles. The van der Waals surface area contributed by atoms with Crippen LogP contribution in [-0.4, -0.2) is 77.3 Å². The molecule has 0 aliphatic carbocycles.